The number of aromatic nitrogens is 4. The Balaban J connectivity index is 1.31. The van der Waals surface area contributed by atoms with E-state index < -0.39 is 17.9 Å². The van der Waals surface area contributed by atoms with Crippen molar-refractivity contribution in [1.29, 1.82) is 0 Å². The van der Waals surface area contributed by atoms with Crippen LogP contribution in [0.3, 0.4) is 0 Å². The maximum Gasteiger partial charge on any atom is 0.276 e. The lowest BCUT2D eigenvalue weighted by Gasteiger charge is -2.30. The fraction of sp³-hybridized carbons (Fsp3) is 0.458. The smallest absolute Gasteiger partial charge is 0.276 e. The summed E-state index contributed by atoms with van der Waals surface area (Å²) in [4.78, 5) is 32.9. The van der Waals surface area contributed by atoms with Gasteiger partial charge in [-0.2, -0.15) is 4.39 Å². The summed E-state index contributed by atoms with van der Waals surface area (Å²) in [5.74, 6) is -0.922. The number of pyridine rings is 1. The minimum atomic E-state index is -0.914. The molecule has 5 rings (SSSR count). The molecule has 7 N–H and O–H groups in total. The third-order valence-electron chi connectivity index (χ3n) is 6.58. The Morgan fingerprint density at radius 2 is 1.78 bits per heavy atom. The van der Waals surface area contributed by atoms with E-state index in [2.05, 4.69) is 36.3 Å². The van der Waals surface area contributed by atoms with Crippen molar-refractivity contribution in [2.75, 3.05) is 22.6 Å². The number of halogens is 1. The standard InChI is InChI=1S/C24H30FN9O3/c25-20-9-16(7-8-27-20)32-24(37)19-11-28-22-18(29-13-1-2-13)10-21(33-34(19)22)30-14-3-5-15(6-4-14)31-23(36)17(26)12-35/h7-11,13-15,17,29,35H,1-6,12,26H2,(H,30,33)(H,31,36)(H,27,32,37)/t14?,15?,17-/m1/s1. The maximum atomic E-state index is 13.5. The highest BCUT2D eigenvalue weighted by Gasteiger charge is 2.27. The zero-order chi connectivity index (χ0) is 25.9. The number of hydrogen-bond donors (Lipinski definition) is 6. The van der Waals surface area contributed by atoms with Crippen LogP contribution in [0.1, 0.15) is 49.0 Å². The Kier molecular flexibility index (Phi) is 7.15. The Morgan fingerprint density at radius 3 is 2.49 bits per heavy atom. The van der Waals surface area contributed by atoms with Crippen LogP contribution < -0.4 is 27.0 Å². The number of aliphatic hydroxyl groups is 1. The zero-order valence-electron chi connectivity index (χ0n) is 20.2. The molecule has 1 atom stereocenters. The summed E-state index contributed by atoms with van der Waals surface area (Å²) < 4.78 is 14.9. The van der Waals surface area contributed by atoms with E-state index in [1.165, 1.54) is 23.0 Å². The lowest BCUT2D eigenvalue weighted by Crippen LogP contribution is -2.48. The van der Waals surface area contributed by atoms with Crippen LogP contribution in [-0.2, 0) is 4.79 Å². The number of nitrogens with zero attached hydrogens (tertiary/aromatic N) is 4. The third-order valence-corrected chi connectivity index (χ3v) is 6.58. The summed E-state index contributed by atoms with van der Waals surface area (Å²) in [6.07, 6.45) is 7.98. The Morgan fingerprint density at radius 1 is 1.08 bits per heavy atom. The largest absolute Gasteiger partial charge is 0.394 e. The highest BCUT2D eigenvalue weighted by atomic mass is 19.1. The van der Waals surface area contributed by atoms with Gasteiger partial charge >= 0.3 is 0 Å². The lowest BCUT2D eigenvalue weighted by atomic mass is 9.91. The number of fused-ring (bicyclic) bond motifs is 1. The van der Waals surface area contributed by atoms with E-state index in [1.807, 2.05) is 6.07 Å². The van der Waals surface area contributed by atoms with Gasteiger partial charge in [-0.15, -0.1) is 5.10 Å². The van der Waals surface area contributed by atoms with Crippen LogP contribution in [0, 0.1) is 5.95 Å². The second-order valence-electron chi connectivity index (χ2n) is 9.55. The first-order valence-corrected chi connectivity index (χ1v) is 12.4. The summed E-state index contributed by atoms with van der Waals surface area (Å²) in [6.45, 7) is -0.387. The SMILES string of the molecule is N[C@H](CO)C(=O)NC1CCC(Nc2cc(NC3CC3)c3ncc(C(=O)Nc4ccnc(F)c4)n3n2)CC1. The van der Waals surface area contributed by atoms with Gasteiger partial charge in [-0.25, -0.2) is 14.5 Å². The van der Waals surface area contributed by atoms with Gasteiger partial charge in [0.05, 0.1) is 18.5 Å². The summed E-state index contributed by atoms with van der Waals surface area (Å²) in [7, 11) is 0. The normalized spacial score (nSPS) is 20.3. The number of hydrogen-bond acceptors (Lipinski definition) is 9. The molecule has 2 aliphatic carbocycles. The number of nitrogens with two attached hydrogens (primary N) is 1. The van der Waals surface area contributed by atoms with E-state index in [9.17, 15) is 14.0 Å². The van der Waals surface area contributed by atoms with Gasteiger partial charge in [0.2, 0.25) is 11.9 Å². The molecule has 3 heterocycles. The fourth-order valence-electron chi connectivity index (χ4n) is 4.41. The van der Waals surface area contributed by atoms with Crippen LogP contribution in [0.15, 0.2) is 30.6 Å². The molecule has 2 saturated carbocycles. The molecule has 13 heteroatoms. The van der Waals surface area contributed by atoms with E-state index in [0.717, 1.165) is 50.3 Å². The monoisotopic (exact) mass is 511 g/mol. The molecule has 196 valence electrons. The summed E-state index contributed by atoms with van der Waals surface area (Å²) in [5, 5.41) is 26.2. The lowest BCUT2D eigenvalue weighted by molar-refractivity contribution is -0.124. The van der Waals surface area contributed by atoms with Gasteiger partial charge in [0.25, 0.3) is 5.91 Å². The van der Waals surface area contributed by atoms with Gasteiger partial charge < -0.3 is 32.1 Å². The average Bonchev–Trinajstić information content (AvgIpc) is 3.59. The number of carbonyl (C=O) groups is 2. The minimum absolute atomic E-state index is 0.00709. The van der Waals surface area contributed by atoms with E-state index in [4.69, 9.17) is 10.8 Å². The number of anilines is 3. The van der Waals surface area contributed by atoms with Crippen LogP contribution in [0.5, 0.6) is 0 Å². The Bertz CT molecular complexity index is 1290. The molecule has 3 aromatic rings. The van der Waals surface area contributed by atoms with Gasteiger partial charge in [0, 0.05) is 42.1 Å². The molecule has 2 aliphatic rings. The van der Waals surface area contributed by atoms with Crippen LogP contribution in [-0.4, -0.2) is 67.3 Å². The minimum Gasteiger partial charge on any atom is -0.394 e. The van der Waals surface area contributed by atoms with Crippen molar-refractivity contribution in [3.63, 3.8) is 0 Å². The predicted octanol–water partition coefficient (Wildman–Crippen LogP) is 1.25. The predicted molar refractivity (Wildman–Crippen MR) is 135 cm³/mol. The first-order valence-electron chi connectivity index (χ1n) is 12.4. The quantitative estimate of drug-likeness (QED) is 0.231. The van der Waals surface area contributed by atoms with Crippen molar-refractivity contribution < 1.29 is 19.1 Å². The van der Waals surface area contributed by atoms with Crippen molar-refractivity contribution in [2.24, 2.45) is 5.73 Å². The highest BCUT2D eigenvalue weighted by Crippen LogP contribution is 2.30. The van der Waals surface area contributed by atoms with Crippen LogP contribution in [0.25, 0.3) is 5.65 Å². The molecule has 0 saturated heterocycles. The van der Waals surface area contributed by atoms with Gasteiger partial charge in [0.15, 0.2) is 11.3 Å². The van der Waals surface area contributed by atoms with Crippen molar-refractivity contribution in [1.82, 2.24) is 24.9 Å². The van der Waals surface area contributed by atoms with E-state index in [-0.39, 0.29) is 36.0 Å². The molecule has 37 heavy (non-hydrogen) atoms. The molecule has 0 radical (unpaired) electrons. The third kappa shape index (κ3) is 5.94. The molecule has 0 spiro atoms. The number of aliphatic hydroxyl groups excluding tert-OH is 1. The first-order chi connectivity index (χ1) is 17.9. The van der Waals surface area contributed by atoms with Crippen LogP contribution >= 0.6 is 0 Å². The topological polar surface area (TPSA) is 172 Å². The summed E-state index contributed by atoms with van der Waals surface area (Å²) in [6, 6.07) is 4.11. The molecule has 0 aromatic carbocycles. The van der Waals surface area contributed by atoms with Crippen molar-refractivity contribution in [3.05, 3.63) is 42.2 Å². The summed E-state index contributed by atoms with van der Waals surface area (Å²) in [5.41, 5.74) is 7.38. The number of rotatable bonds is 9. The Hall–Kier alpha value is -3.84. The number of carbonyl (C=O) groups excluding carboxylic acids is 2. The molecule has 12 nitrogen and oxygen atoms in total. The Labute approximate surface area is 212 Å². The van der Waals surface area contributed by atoms with E-state index >= 15 is 0 Å². The number of nitrogens with one attached hydrogen (secondary N) is 4. The van der Waals surface area contributed by atoms with Crippen molar-refractivity contribution in [2.45, 2.75) is 62.7 Å². The van der Waals surface area contributed by atoms with Gasteiger partial charge in [-0.3, -0.25) is 9.59 Å². The second kappa shape index (κ2) is 10.6. The average molecular weight is 512 g/mol. The zero-order valence-corrected chi connectivity index (χ0v) is 20.2. The number of imidazole rings is 1. The van der Waals surface area contributed by atoms with Crippen molar-refractivity contribution >= 4 is 34.7 Å². The molecular formula is C24H30FN9O3. The van der Waals surface area contributed by atoms with Gasteiger partial charge in [0.1, 0.15) is 11.9 Å². The molecule has 2 fully saturated rings. The molecule has 0 unspecified atom stereocenters. The fourth-order valence-corrected chi connectivity index (χ4v) is 4.41. The highest BCUT2D eigenvalue weighted by molar-refractivity contribution is 6.03. The molecule has 2 amide bonds. The maximum absolute atomic E-state index is 13.5. The van der Waals surface area contributed by atoms with Gasteiger partial charge in [-0.1, -0.05) is 0 Å². The molecule has 0 aliphatic heterocycles. The summed E-state index contributed by atoms with van der Waals surface area (Å²) >= 11 is 0. The van der Waals surface area contributed by atoms with Crippen LogP contribution in [0.4, 0.5) is 21.6 Å². The van der Waals surface area contributed by atoms with E-state index in [1.54, 1.807) is 0 Å². The van der Waals surface area contributed by atoms with E-state index in [0.29, 0.717) is 17.5 Å². The molecule has 0 bridgehead atoms. The second-order valence-corrected chi connectivity index (χ2v) is 9.55. The molecule has 3 aromatic heterocycles. The van der Waals surface area contributed by atoms with Crippen LogP contribution in [0.2, 0.25) is 0 Å². The van der Waals surface area contributed by atoms with Gasteiger partial charge in [-0.05, 0) is 44.6 Å². The number of amides is 2. The first kappa shape index (κ1) is 24.8. The molecular weight excluding hydrogens is 481 g/mol. The van der Waals surface area contributed by atoms with Crippen molar-refractivity contribution in [3.8, 4) is 0 Å².